The molecule has 3 heterocycles. The molecule has 0 unspecified atom stereocenters. The van der Waals surface area contributed by atoms with Crippen molar-refractivity contribution in [3.8, 4) is 16.9 Å². The minimum Gasteiger partial charge on any atom is -0.493 e. The van der Waals surface area contributed by atoms with Crippen LogP contribution in [0.5, 0.6) is 5.75 Å². The fraction of sp³-hybridized carbons (Fsp3) is 0.286. The number of furan rings is 1. The quantitative estimate of drug-likeness (QED) is 0.637. The van der Waals surface area contributed by atoms with Gasteiger partial charge in [0.2, 0.25) is 5.76 Å². The van der Waals surface area contributed by atoms with Gasteiger partial charge in [-0.15, -0.1) is 0 Å². The van der Waals surface area contributed by atoms with Gasteiger partial charge in [0.15, 0.2) is 11.3 Å². The highest BCUT2D eigenvalue weighted by atomic mass is 35.5. The number of nitrogens with two attached hydrogens (primary N) is 1. The third-order valence-corrected chi connectivity index (χ3v) is 5.95. The number of nitrogens with zero attached hydrogens (tertiary/aromatic N) is 3. The molecule has 1 fully saturated rings. The van der Waals surface area contributed by atoms with Gasteiger partial charge in [0.1, 0.15) is 0 Å². The van der Waals surface area contributed by atoms with Crippen molar-refractivity contribution in [3.63, 3.8) is 0 Å². The molecule has 31 heavy (non-hydrogen) atoms. The van der Waals surface area contributed by atoms with Crippen LogP contribution in [0.25, 0.3) is 22.1 Å². The van der Waals surface area contributed by atoms with Gasteiger partial charge in [-0.05, 0) is 24.7 Å². The van der Waals surface area contributed by atoms with Gasteiger partial charge in [0.25, 0.3) is 11.8 Å². The number of fused-ring (bicyclic) bond motifs is 1. The Bertz CT molecular complexity index is 1170. The zero-order chi connectivity index (χ0) is 22.3. The highest BCUT2D eigenvalue weighted by molar-refractivity contribution is 6.39. The fourth-order valence-electron chi connectivity index (χ4n) is 3.76. The third-order valence-electron chi connectivity index (χ3n) is 5.38. The van der Waals surface area contributed by atoms with Gasteiger partial charge in [-0.3, -0.25) is 14.6 Å². The number of aromatic nitrogens is 1. The lowest BCUT2D eigenvalue weighted by Crippen LogP contribution is -2.47. The van der Waals surface area contributed by atoms with E-state index in [-0.39, 0.29) is 27.0 Å². The summed E-state index contributed by atoms with van der Waals surface area (Å²) in [5.41, 5.74) is 6.86. The van der Waals surface area contributed by atoms with Crippen molar-refractivity contribution in [2.24, 2.45) is 5.73 Å². The predicted octanol–water partition coefficient (Wildman–Crippen LogP) is 3.30. The van der Waals surface area contributed by atoms with Crippen LogP contribution in [0.2, 0.25) is 10.0 Å². The van der Waals surface area contributed by atoms with Crippen LogP contribution in [0, 0.1) is 0 Å². The second-order valence-corrected chi connectivity index (χ2v) is 8.08. The van der Waals surface area contributed by atoms with E-state index in [1.807, 2.05) is 7.05 Å². The molecule has 2 aromatic heterocycles. The van der Waals surface area contributed by atoms with E-state index in [9.17, 15) is 9.59 Å². The van der Waals surface area contributed by atoms with Crippen LogP contribution in [0.4, 0.5) is 0 Å². The molecule has 1 aliphatic rings. The van der Waals surface area contributed by atoms with Crippen molar-refractivity contribution < 1.29 is 18.7 Å². The van der Waals surface area contributed by atoms with Crippen molar-refractivity contribution in [1.29, 1.82) is 0 Å². The molecule has 0 aliphatic carbocycles. The molecular formula is C21H20Cl2N4O4. The van der Waals surface area contributed by atoms with Crippen LogP contribution in [0.3, 0.4) is 0 Å². The van der Waals surface area contributed by atoms with Gasteiger partial charge in [0.05, 0.1) is 22.7 Å². The van der Waals surface area contributed by atoms with Crippen LogP contribution in [-0.2, 0) is 0 Å². The predicted molar refractivity (Wildman–Crippen MR) is 118 cm³/mol. The summed E-state index contributed by atoms with van der Waals surface area (Å²) >= 11 is 12.7. The summed E-state index contributed by atoms with van der Waals surface area (Å²) in [6, 6.07) is 3.35. The van der Waals surface area contributed by atoms with Crippen LogP contribution >= 0.6 is 23.2 Å². The Hall–Kier alpha value is -2.81. The number of primary amides is 1. The largest absolute Gasteiger partial charge is 0.493 e. The summed E-state index contributed by atoms with van der Waals surface area (Å²) in [4.78, 5) is 33.6. The van der Waals surface area contributed by atoms with E-state index in [1.54, 1.807) is 17.0 Å². The van der Waals surface area contributed by atoms with E-state index in [0.717, 1.165) is 0 Å². The smallest absolute Gasteiger partial charge is 0.290 e. The molecule has 0 atom stereocenters. The van der Waals surface area contributed by atoms with Crippen molar-refractivity contribution in [1.82, 2.24) is 14.8 Å². The summed E-state index contributed by atoms with van der Waals surface area (Å²) in [6.07, 6.45) is 2.89. The van der Waals surface area contributed by atoms with E-state index in [2.05, 4.69) is 9.88 Å². The monoisotopic (exact) mass is 462 g/mol. The number of piperazine rings is 1. The lowest BCUT2D eigenvalue weighted by Gasteiger charge is -2.31. The maximum absolute atomic E-state index is 13.3. The van der Waals surface area contributed by atoms with Crippen LogP contribution in [0.1, 0.15) is 20.9 Å². The Morgan fingerprint density at radius 1 is 1.13 bits per heavy atom. The van der Waals surface area contributed by atoms with E-state index >= 15 is 0 Å². The molecule has 0 saturated carbocycles. The van der Waals surface area contributed by atoms with E-state index in [1.165, 1.54) is 19.5 Å². The van der Waals surface area contributed by atoms with Gasteiger partial charge in [-0.2, -0.15) is 0 Å². The number of methoxy groups -OCH3 is 1. The number of halogens is 2. The maximum atomic E-state index is 13.3. The zero-order valence-electron chi connectivity index (χ0n) is 16.9. The van der Waals surface area contributed by atoms with Crippen molar-refractivity contribution >= 4 is 46.0 Å². The number of benzene rings is 1. The fourth-order valence-corrected chi connectivity index (χ4v) is 4.32. The second-order valence-electron chi connectivity index (χ2n) is 7.26. The minimum absolute atomic E-state index is 0.0308. The molecule has 2 N–H and O–H groups in total. The van der Waals surface area contributed by atoms with Gasteiger partial charge in [-0.1, -0.05) is 23.2 Å². The van der Waals surface area contributed by atoms with Crippen LogP contribution in [-0.4, -0.2) is 66.9 Å². The summed E-state index contributed by atoms with van der Waals surface area (Å²) < 4.78 is 11.3. The Balaban J connectivity index is 1.99. The second kappa shape index (κ2) is 8.37. The molecule has 0 radical (unpaired) electrons. The number of hydrogen-bond donors (Lipinski definition) is 1. The molecule has 3 aromatic rings. The number of amides is 2. The Morgan fingerprint density at radius 3 is 2.35 bits per heavy atom. The van der Waals surface area contributed by atoms with E-state index in [4.69, 9.17) is 38.1 Å². The highest BCUT2D eigenvalue weighted by Crippen LogP contribution is 2.44. The maximum Gasteiger partial charge on any atom is 0.290 e. The average Bonchev–Trinajstić information content (AvgIpc) is 3.15. The van der Waals surface area contributed by atoms with Crippen molar-refractivity contribution in [2.45, 2.75) is 0 Å². The van der Waals surface area contributed by atoms with Crippen molar-refractivity contribution in [2.75, 3.05) is 40.3 Å². The topological polar surface area (TPSA) is 102 Å². The van der Waals surface area contributed by atoms with Gasteiger partial charge in [-0.25, -0.2) is 0 Å². The number of carbonyl (C=O) groups is 2. The normalized spacial score (nSPS) is 14.8. The SMILES string of the molecule is COc1ccc(-c2c(Cl)cncc2Cl)c2c(C(N)=O)c(C(=O)N3CCN(C)CC3)oc12. The molecule has 1 aromatic carbocycles. The average molecular weight is 463 g/mol. The summed E-state index contributed by atoms with van der Waals surface area (Å²) in [5, 5.41) is 0.879. The molecule has 8 nitrogen and oxygen atoms in total. The van der Waals surface area contributed by atoms with Gasteiger partial charge < -0.3 is 24.7 Å². The molecule has 1 aliphatic heterocycles. The molecule has 4 rings (SSSR count). The molecular weight excluding hydrogens is 443 g/mol. The lowest BCUT2D eigenvalue weighted by atomic mass is 9.98. The number of pyridine rings is 1. The molecule has 162 valence electrons. The number of hydrogen-bond acceptors (Lipinski definition) is 6. The van der Waals surface area contributed by atoms with Crippen LogP contribution in [0.15, 0.2) is 28.9 Å². The third kappa shape index (κ3) is 3.71. The zero-order valence-corrected chi connectivity index (χ0v) is 18.5. The molecule has 0 spiro atoms. The molecule has 10 heteroatoms. The molecule has 1 saturated heterocycles. The summed E-state index contributed by atoms with van der Waals surface area (Å²) in [5.74, 6) is -0.982. The molecule has 2 amide bonds. The number of rotatable bonds is 4. The van der Waals surface area contributed by atoms with Crippen molar-refractivity contribution in [3.05, 3.63) is 45.9 Å². The summed E-state index contributed by atoms with van der Waals surface area (Å²) in [7, 11) is 3.45. The number of ether oxygens (including phenoxy) is 1. The summed E-state index contributed by atoms with van der Waals surface area (Å²) in [6.45, 7) is 2.45. The van der Waals surface area contributed by atoms with Crippen LogP contribution < -0.4 is 10.5 Å². The Kier molecular flexibility index (Phi) is 5.79. The number of likely N-dealkylation sites (N-methyl/N-ethyl adjacent to an activating group) is 1. The minimum atomic E-state index is -0.799. The molecule has 0 bridgehead atoms. The highest BCUT2D eigenvalue weighted by Gasteiger charge is 2.32. The first-order valence-electron chi connectivity index (χ1n) is 9.54. The number of carbonyl (C=O) groups excluding carboxylic acids is 2. The first kappa shape index (κ1) is 21.4. The van der Waals surface area contributed by atoms with E-state index < -0.39 is 11.8 Å². The van der Waals surface area contributed by atoms with Gasteiger partial charge >= 0.3 is 0 Å². The Morgan fingerprint density at radius 2 is 1.77 bits per heavy atom. The standard InChI is InChI=1S/C21H20Cl2N4O4/c1-26-5-7-27(8-6-26)21(29)19-17(20(24)28)16-11(3-4-14(30-2)18(16)31-19)15-12(22)9-25-10-13(15)23/h3-4,9-10H,5-8H2,1-2H3,(H2,24,28). The first-order valence-corrected chi connectivity index (χ1v) is 10.3. The lowest BCUT2D eigenvalue weighted by molar-refractivity contribution is 0.0630. The van der Waals surface area contributed by atoms with E-state index in [0.29, 0.717) is 48.4 Å². The van der Waals surface area contributed by atoms with Gasteiger partial charge in [0, 0.05) is 49.5 Å². The Labute approximate surface area is 188 Å². The first-order chi connectivity index (χ1) is 14.8.